The van der Waals surface area contributed by atoms with Crippen molar-refractivity contribution >= 4 is 46.7 Å². The second-order valence-electron chi connectivity index (χ2n) is 3.79. The van der Waals surface area contributed by atoms with Crippen LogP contribution in [-0.4, -0.2) is 12.2 Å². The highest BCUT2D eigenvalue weighted by Crippen LogP contribution is 2.21. The van der Waals surface area contributed by atoms with Gasteiger partial charge in [0, 0.05) is 10.4 Å². The first-order chi connectivity index (χ1) is 9.66. The molecule has 0 saturated carbocycles. The van der Waals surface area contributed by atoms with E-state index in [0.717, 1.165) is 4.88 Å². The zero-order valence-corrected chi connectivity index (χ0v) is 12.7. The average molecular weight is 327 g/mol. The van der Waals surface area contributed by atoms with Crippen LogP contribution in [0, 0.1) is 0 Å². The molecule has 0 bridgehead atoms. The lowest BCUT2D eigenvalue weighted by Crippen LogP contribution is -2.27. The van der Waals surface area contributed by atoms with Crippen molar-refractivity contribution in [3.8, 4) is 0 Å². The number of nitrogens with one attached hydrogen (secondary N) is 1. The third-order valence-corrected chi connectivity index (χ3v) is 3.88. The first-order valence-corrected chi connectivity index (χ1v) is 7.36. The number of hydrogen-bond acceptors (Lipinski definition) is 3. The maximum Gasteiger partial charge on any atom is 0.209 e. The Labute approximate surface area is 130 Å². The van der Waals surface area contributed by atoms with Gasteiger partial charge in [0.2, 0.25) is 5.96 Å². The van der Waals surface area contributed by atoms with E-state index in [1.54, 1.807) is 29.5 Å². The highest BCUT2D eigenvalue weighted by molar-refractivity contribution is 7.09. The number of hydrogen-bond donors (Lipinski definition) is 2. The van der Waals surface area contributed by atoms with Gasteiger partial charge in [0.25, 0.3) is 0 Å². The van der Waals surface area contributed by atoms with Crippen molar-refractivity contribution in [2.24, 2.45) is 15.8 Å². The number of thiophene rings is 1. The average Bonchev–Trinajstić information content (AvgIpc) is 2.93. The summed E-state index contributed by atoms with van der Waals surface area (Å²) >= 11 is 13.6. The molecule has 0 unspecified atom stereocenters. The molecule has 0 aliphatic heterocycles. The molecule has 1 aromatic heterocycles. The summed E-state index contributed by atoms with van der Waals surface area (Å²) in [5.74, 6) is 0.234. The van der Waals surface area contributed by atoms with Crippen LogP contribution in [0.15, 0.2) is 45.8 Å². The van der Waals surface area contributed by atoms with Gasteiger partial charge in [0.1, 0.15) is 0 Å². The van der Waals surface area contributed by atoms with Gasteiger partial charge in [-0.25, -0.2) is 10.4 Å². The van der Waals surface area contributed by atoms with Crippen molar-refractivity contribution in [1.29, 1.82) is 0 Å². The van der Waals surface area contributed by atoms with Crippen molar-refractivity contribution in [1.82, 2.24) is 5.43 Å². The van der Waals surface area contributed by atoms with Gasteiger partial charge < -0.3 is 5.73 Å². The molecule has 1 heterocycles. The Morgan fingerprint density at radius 1 is 1.25 bits per heavy atom. The van der Waals surface area contributed by atoms with Gasteiger partial charge >= 0.3 is 0 Å². The van der Waals surface area contributed by atoms with E-state index in [2.05, 4.69) is 15.5 Å². The molecular weight excluding hydrogens is 315 g/mol. The number of rotatable bonds is 4. The summed E-state index contributed by atoms with van der Waals surface area (Å²) in [6.07, 6.45) is 1.51. The molecular formula is C13H12Cl2N4S. The predicted molar refractivity (Wildman–Crippen MR) is 86.8 cm³/mol. The van der Waals surface area contributed by atoms with E-state index in [9.17, 15) is 0 Å². The fourth-order valence-corrected chi connectivity index (χ4v) is 2.52. The summed E-state index contributed by atoms with van der Waals surface area (Å²) < 4.78 is 0. The van der Waals surface area contributed by atoms with Crippen LogP contribution in [0.3, 0.4) is 0 Å². The van der Waals surface area contributed by atoms with Gasteiger partial charge in [-0.15, -0.1) is 11.3 Å². The van der Waals surface area contributed by atoms with Gasteiger partial charge in [0.15, 0.2) is 0 Å². The Hall–Kier alpha value is -1.56. The maximum atomic E-state index is 6.01. The SMILES string of the molecule is NC(=NCc1cccs1)NN=Cc1c(Cl)cccc1Cl. The van der Waals surface area contributed by atoms with E-state index in [1.807, 2.05) is 17.5 Å². The van der Waals surface area contributed by atoms with Gasteiger partial charge in [-0.2, -0.15) is 5.10 Å². The Morgan fingerprint density at radius 3 is 2.65 bits per heavy atom. The molecule has 0 saturated heterocycles. The number of halogens is 2. The lowest BCUT2D eigenvalue weighted by molar-refractivity contribution is 0.971. The molecule has 4 nitrogen and oxygen atoms in total. The van der Waals surface area contributed by atoms with Crippen LogP contribution < -0.4 is 11.2 Å². The maximum absolute atomic E-state index is 6.01. The van der Waals surface area contributed by atoms with Crippen molar-refractivity contribution in [2.75, 3.05) is 0 Å². The van der Waals surface area contributed by atoms with E-state index in [1.165, 1.54) is 6.21 Å². The summed E-state index contributed by atoms with van der Waals surface area (Å²) in [4.78, 5) is 5.29. The molecule has 20 heavy (non-hydrogen) atoms. The van der Waals surface area contributed by atoms with Crippen LogP contribution in [0.1, 0.15) is 10.4 Å². The second-order valence-corrected chi connectivity index (χ2v) is 5.63. The zero-order valence-electron chi connectivity index (χ0n) is 10.4. The molecule has 2 rings (SSSR count). The Morgan fingerprint density at radius 2 is 2.00 bits per heavy atom. The predicted octanol–water partition coefficient (Wildman–Crippen LogP) is 3.49. The third kappa shape index (κ3) is 4.23. The quantitative estimate of drug-likeness (QED) is 0.513. The summed E-state index contributed by atoms with van der Waals surface area (Å²) in [5, 5.41) is 7.01. The molecule has 0 aliphatic rings. The Kier molecular flexibility index (Phi) is 5.40. The minimum atomic E-state index is 0.234. The summed E-state index contributed by atoms with van der Waals surface area (Å²) in [6.45, 7) is 0.527. The number of guanidine groups is 1. The van der Waals surface area contributed by atoms with Crippen molar-refractivity contribution in [2.45, 2.75) is 6.54 Å². The number of nitrogens with zero attached hydrogens (tertiary/aromatic N) is 2. The molecule has 7 heteroatoms. The van der Waals surface area contributed by atoms with Crippen LogP contribution in [0.5, 0.6) is 0 Å². The molecule has 2 aromatic rings. The van der Waals surface area contributed by atoms with Crippen LogP contribution >= 0.6 is 34.5 Å². The third-order valence-electron chi connectivity index (χ3n) is 2.36. The topological polar surface area (TPSA) is 62.8 Å². The first-order valence-electron chi connectivity index (χ1n) is 5.72. The second kappa shape index (κ2) is 7.28. The number of nitrogens with two attached hydrogens (primary N) is 1. The fourth-order valence-electron chi connectivity index (χ4n) is 1.40. The Bertz CT molecular complexity index is 603. The van der Waals surface area contributed by atoms with E-state index >= 15 is 0 Å². The summed E-state index contributed by atoms with van der Waals surface area (Å²) in [7, 11) is 0. The highest BCUT2D eigenvalue weighted by Gasteiger charge is 2.01. The summed E-state index contributed by atoms with van der Waals surface area (Å²) in [6, 6.07) is 9.21. The molecule has 1 aromatic carbocycles. The lowest BCUT2D eigenvalue weighted by atomic mass is 10.2. The number of aliphatic imine (C=N–C) groups is 1. The standard InChI is InChI=1S/C13H12Cl2N4S/c14-11-4-1-5-12(15)10(11)8-18-19-13(16)17-7-9-3-2-6-20-9/h1-6,8H,7H2,(H3,16,17,19). The smallest absolute Gasteiger partial charge is 0.209 e. The molecule has 3 N–H and O–H groups in total. The fraction of sp³-hybridized carbons (Fsp3) is 0.0769. The van der Waals surface area contributed by atoms with E-state index in [4.69, 9.17) is 28.9 Å². The van der Waals surface area contributed by atoms with Crippen molar-refractivity contribution in [3.63, 3.8) is 0 Å². The van der Waals surface area contributed by atoms with Crippen molar-refractivity contribution in [3.05, 3.63) is 56.2 Å². The van der Waals surface area contributed by atoms with Crippen LogP contribution in [0.2, 0.25) is 10.0 Å². The monoisotopic (exact) mass is 326 g/mol. The van der Waals surface area contributed by atoms with E-state index in [-0.39, 0.29) is 5.96 Å². The molecule has 0 atom stereocenters. The Balaban J connectivity index is 1.94. The molecule has 0 fully saturated rings. The van der Waals surface area contributed by atoms with Gasteiger partial charge in [-0.05, 0) is 23.6 Å². The molecule has 0 aliphatic carbocycles. The van der Waals surface area contributed by atoms with E-state index < -0.39 is 0 Å². The van der Waals surface area contributed by atoms with Crippen molar-refractivity contribution < 1.29 is 0 Å². The summed E-state index contributed by atoms with van der Waals surface area (Å²) in [5.41, 5.74) is 8.96. The molecule has 0 amide bonds. The van der Waals surface area contributed by atoms with Gasteiger partial charge in [-0.1, -0.05) is 35.3 Å². The zero-order chi connectivity index (χ0) is 14.4. The lowest BCUT2D eigenvalue weighted by Gasteiger charge is -2.01. The molecule has 0 radical (unpaired) electrons. The molecule has 0 spiro atoms. The van der Waals surface area contributed by atoms with Crippen LogP contribution in [-0.2, 0) is 6.54 Å². The normalized spacial score (nSPS) is 12.0. The van der Waals surface area contributed by atoms with Crippen LogP contribution in [0.4, 0.5) is 0 Å². The minimum absolute atomic E-state index is 0.234. The van der Waals surface area contributed by atoms with Gasteiger partial charge in [0.05, 0.1) is 22.8 Å². The van der Waals surface area contributed by atoms with Gasteiger partial charge in [-0.3, -0.25) is 0 Å². The number of hydrazone groups is 1. The number of benzene rings is 1. The first kappa shape index (κ1) is 14.8. The highest BCUT2D eigenvalue weighted by atomic mass is 35.5. The largest absolute Gasteiger partial charge is 0.369 e. The van der Waals surface area contributed by atoms with E-state index in [0.29, 0.717) is 22.2 Å². The molecule has 104 valence electrons. The minimum Gasteiger partial charge on any atom is -0.369 e. The van der Waals surface area contributed by atoms with Crippen LogP contribution in [0.25, 0.3) is 0 Å².